The number of alkyl carbamates (subject to hydrolysis) is 1. The molecule has 2 bridgehead atoms. The average molecular weight is 309 g/mol. The van der Waals surface area contributed by atoms with Crippen LogP contribution in [0.1, 0.15) is 53.9 Å². The lowest BCUT2D eigenvalue weighted by molar-refractivity contribution is -0.113. The SMILES string of the molecule is CC(C)(C)OC(=O)N[C@@H]1[C@@H](C/C=C\CO)C[C@H]2C[C@@H]1C2(C)C. The number of carbonyl (C=O) groups is 1. The smallest absolute Gasteiger partial charge is 0.407 e. The first kappa shape index (κ1) is 17.3. The van der Waals surface area contributed by atoms with Gasteiger partial charge >= 0.3 is 6.09 Å². The van der Waals surface area contributed by atoms with Gasteiger partial charge in [-0.25, -0.2) is 4.79 Å². The zero-order valence-electron chi connectivity index (χ0n) is 14.6. The van der Waals surface area contributed by atoms with E-state index in [2.05, 4.69) is 19.2 Å². The van der Waals surface area contributed by atoms with Crippen LogP contribution in [-0.4, -0.2) is 29.4 Å². The van der Waals surface area contributed by atoms with Crippen molar-refractivity contribution in [1.29, 1.82) is 0 Å². The molecule has 0 spiro atoms. The Morgan fingerprint density at radius 3 is 2.55 bits per heavy atom. The number of aliphatic hydroxyl groups excluding tert-OH is 1. The van der Waals surface area contributed by atoms with Gasteiger partial charge in [-0.2, -0.15) is 0 Å². The van der Waals surface area contributed by atoms with Crippen molar-refractivity contribution in [2.45, 2.75) is 65.5 Å². The van der Waals surface area contributed by atoms with Crippen LogP contribution in [0.4, 0.5) is 4.79 Å². The molecule has 2 N–H and O–H groups in total. The summed E-state index contributed by atoms with van der Waals surface area (Å²) in [5.74, 6) is 1.71. The first-order valence-electron chi connectivity index (χ1n) is 8.40. The van der Waals surface area contributed by atoms with Gasteiger partial charge in [0.15, 0.2) is 0 Å². The molecule has 22 heavy (non-hydrogen) atoms. The number of hydrogen-bond acceptors (Lipinski definition) is 3. The predicted molar refractivity (Wildman–Crippen MR) is 87.5 cm³/mol. The lowest BCUT2D eigenvalue weighted by atomic mass is 9.44. The summed E-state index contributed by atoms with van der Waals surface area (Å²) in [6.45, 7) is 10.4. The zero-order valence-corrected chi connectivity index (χ0v) is 14.6. The molecule has 0 aromatic carbocycles. The Balaban J connectivity index is 2.04. The third kappa shape index (κ3) is 3.65. The Morgan fingerprint density at radius 2 is 2.00 bits per heavy atom. The predicted octanol–water partition coefficient (Wildman–Crippen LogP) is 3.50. The van der Waals surface area contributed by atoms with E-state index in [0.29, 0.717) is 17.3 Å². The van der Waals surface area contributed by atoms with Gasteiger partial charge in [-0.1, -0.05) is 26.0 Å². The van der Waals surface area contributed by atoms with Crippen molar-refractivity contribution in [3.8, 4) is 0 Å². The van der Waals surface area contributed by atoms with E-state index in [-0.39, 0.29) is 18.7 Å². The lowest BCUT2D eigenvalue weighted by Crippen LogP contribution is -2.63. The second-order valence-electron chi connectivity index (χ2n) is 8.42. The highest BCUT2D eigenvalue weighted by Crippen LogP contribution is 2.61. The highest BCUT2D eigenvalue weighted by atomic mass is 16.6. The number of amides is 1. The molecule has 0 heterocycles. The molecule has 0 aromatic heterocycles. The maximum Gasteiger partial charge on any atom is 0.407 e. The van der Waals surface area contributed by atoms with E-state index in [1.54, 1.807) is 6.08 Å². The Hall–Kier alpha value is -1.03. The van der Waals surface area contributed by atoms with E-state index >= 15 is 0 Å². The van der Waals surface area contributed by atoms with Gasteiger partial charge in [-0.05, 0) is 63.2 Å². The number of allylic oxidation sites excluding steroid dienone is 1. The minimum absolute atomic E-state index is 0.0786. The van der Waals surface area contributed by atoms with Crippen LogP contribution in [0.2, 0.25) is 0 Å². The van der Waals surface area contributed by atoms with Crippen molar-refractivity contribution in [2.24, 2.45) is 23.2 Å². The Morgan fingerprint density at radius 1 is 1.32 bits per heavy atom. The van der Waals surface area contributed by atoms with Gasteiger partial charge in [-0.3, -0.25) is 0 Å². The number of ether oxygens (including phenoxy) is 1. The molecule has 3 fully saturated rings. The number of nitrogens with one attached hydrogen (secondary N) is 1. The Kier molecular flexibility index (Phi) is 4.90. The quantitative estimate of drug-likeness (QED) is 0.781. The molecule has 0 radical (unpaired) electrons. The van der Waals surface area contributed by atoms with Crippen LogP contribution in [0, 0.1) is 23.2 Å². The second kappa shape index (κ2) is 6.23. The Bertz CT molecular complexity index is 436. The van der Waals surface area contributed by atoms with Crippen molar-refractivity contribution in [1.82, 2.24) is 5.32 Å². The van der Waals surface area contributed by atoms with Crippen LogP contribution >= 0.6 is 0 Å². The van der Waals surface area contributed by atoms with Gasteiger partial charge in [0.2, 0.25) is 0 Å². The summed E-state index contributed by atoms with van der Waals surface area (Å²) < 4.78 is 5.44. The molecule has 4 atom stereocenters. The number of hydrogen-bond donors (Lipinski definition) is 2. The summed E-state index contributed by atoms with van der Waals surface area (Å²) in [7, 11) is 0. The average Bonchev–Trinajstić information content (AvgIpc) is 2.37. The molecule has 3 saturated carbocycles. The maximum atomic E-state index is 12.2. The standard InChI is InChI=1S/C18H31NO3/c1-17(2,3)22-16(21)19-15-12(8-6-7-9-20)10-13-11-14(15)18(13,4)5/h6-7,12-15,20H,8-11H2,1-5H3,(H,19,21)/b7-6-/t12-,13-,14-,15+/m0/s1. The fraction of sp³-hybridized carbons (Fsp3) is 0.833. The minimum Gasteiger partial charge on any atom is -0.444 e. The summed E-state index contributed by atoms with van der Waals surface area (Å²) in [4.78, 5) is 12.2. The summed E-state index contributed by atoms with van der Waals surface area (Å²) in [6.07, 6.45) is 6.76. The number of aliphatic hydroxyl groups is 1. The van der Waals surface area contributed by atoms with Gasteiger partial charge in [-0.15, -0.1) is 0 Å². The summed E-state index contributed by atoms with van der Waals surface area (Å²) in [6, 6.07) is 0.165. The van der Waals surface area contributed by atoms with Crippen LogP contribution in [0.15, 0.2) is 12.2 Å². The molecule has 4 nitrogen and oxygen atoms in total. The lowest BCUT2D eigenvalue weighted by Gasteiger charge is -2.62. The monoisotopic (exact) mass is 309 g/mol. The number of rotatable bonds is 4. The van der Waals surface area contributed by atoms with Crippen molar-refractivity contribution < 1.29 is 14.6 Å². The van der Waals surface area contributed by atoms with E-state index in [1.165, 1.54) is 6.42 Å². The van der Waals surface area contributed by atoms with E-state index in [4.69, 9.17) is 9.84 Å². The van der Waals surface area contributed by atoms with E-state index < -0.39 is 5.60 Å². The molecule has 3 aliphatic carbocycles. The van der Waals surface area contributed by atoms with Gasteiger partial charge in [0.25, 0.3) is 0 Å². The number of carbonyl (C=O) groups excluding carboxylic acids is 1. The second-order valence-corrected chi connectivity index (χ2v) is 8.42. The zero-order chi connectivity index (χ0) is 16.5. The molecular formula is C18H31NO3. The van der Waals surface area contributed by atoms with Gasteiger partial charge in [0.05, 0.1) is 6.61 Å². The molecule has 3 aliphatic rings. The molecular weight excluding hydrogens is 278 g/mol. The van der Waals surface area contributed by atoms with Crippen molar-refractivity contribution in [3.63, 3.8) is 0 Å². The highest BCUT2D eigenvalue weighted by molar-refractivity contribution is 5.68. The van der Waals surface area contributed by atoms with E-state index in [0.717, 1.165) is 18.8 Å². The largest absolute Gasteiger partial charge is 0.444 e. The molecule has 0 saturated heterocycles. The fourth-order valence-corrected chi connectivity index (χ4v) is 4.16. The molecule has 0 aromatic rings. The summed E-state index contributed by atoms with van der Waals surface area (Å²) in [5.41, 5.74) is -0.167. The van der Waals surface area contributed by atoms with Crippen molar-refractivity contribution in [2.75, 3.05) is 6.61 Å². The molecule has 126 valence electrons. The number of fused-ring (bicyclic) bond motifs is 2. The van der Waals surface area contributed by atoms with E-state index in [1.807, 2.05) is 26.8 Å². The van der Waals surface area contributed by atoms with Crippen molar-refractivity contribution >= 4 is 6.09 Å². The van der Waals surface area contributed by atoms with Gasteiger partial charge in [0, 0.05) is 6.04 Å². The van der Waals surface area contributed by atoms with Gasteiger partial charge < -0.3 is 15.2 Å². The third-order valence-electron chi connectivity index (χ3n) is 5.47. The normalized spacial score (nSPS) is 33.4. The first-order chi connectivity index (χ1) is 10.1. The maximum absolute atomic E-state index is 12.2. The molecule has 4 heteroatoms. The van der Waals surface area contributed by atoms with Crippen molar-refractivity contribution in [3.05, 3.63) is 12.2 Å². The third-order valence-corrected chi connectivity index (χ3v) is 5.47. The van der Waals surface area contributed by atoms with Gasteiger partial charge in [0.1, 0.15) is 5.60 Å². The summed E-state index contributed by atoms with van der Waals surface area (Å²) in [5, 5.41) is 12.0. The molecule has 1 amide bonds. The van der Waals surface area contributed by atoms with Crippen LogP contribution in [-0.2, 0) is 4.74 Å². The van der Waals surface area contributed by atoms with Crippen LogP contribution in [0.25, 0.3) is 0 Å². The fourth-order valence-electron chi connectivity index (χ4n) is 4.16. The molecule has 0 aliphatic heterocycles. The Labute approximate surface area is 134 Å². The summed E-state index contributed by atoms with van der Waals surface area (Å²) >= 11 is 0. The minimum atomic E-state index is -0.470. The topological polar surface area (TPSA) is 58.6 Å². The van der Waals surface area contributed by atoms with Crippen LogP contribution in [0.5, 0.6) is 0 Å². The van der Waals surface area contributed by atoms with Crippen LogP contribution < -0.4 is 5.32 Å². The molecule has 3 rings (SSSR count). The molecule has 0 unspecified atom stereocenters. The van der Waals surface area contributed by atoms with E-state index in [9.17, 15) is 4.79 Å². The first-order valence-corrected chi connectivity index (χ1v) is 8.40. The highest BCUT2D eigenvalue weighted by Gasteiger charge is 2.57. The van der Waals surface area contributed by atoms with Crippen LogP contribution in [0.3, 0.4) is 0 Å².